The number of nitrogens with two attached hydrogens (primary N) is 1. The van der Waals surface area contributed by atoms with Crippen LogP contribution in [0, 0.1) is 6.92 Å². The van der Waals surface area contributed by atoms with Crippen LogP contribution in [0.15, 0.2) is 22.7 Å². The highest BCUT2D eigenvalue weighted by Gasteiger charge is 2.08. The SMILES string of the molecule is Cc1ccc(Br)cc1[C@@H](N)CF. The highest BCUT2D eigenvalue weighted by Crippen LogP contribution is 2.20. The van der Waals surface area contributed by atoms with Gasteiger partial charge in [0.1, 0.15) is 6.67 Å². The van der Waals surface area contributed by atoms with Crippen molar-refractivity contribution in [3.63, 3.8) is 0 Å². The van der Waals surface area contributed by atoms with Crippen LogP contribution in [0.4, 0.5) is 4.39 Å². The maximum Gasteiger partial charge on any atom is 0.109 e. The molecule has 1 nitrogen and oxygen atoms in total. The Balaban J connectivity index is 3.04. The number of alkyl halides is 1. The van der Waals surface area contributed by atoms with Gasteiger partial charge >= 0.3 is 0 Å². The van der Waals surface area contributed by atoms with Gasteiger partial charge in [0, 0.05) is 4.47 Å². The summed E-state index contributed by atoms with van der Waals surface area (Å²) in [6.45, 7) is 1.41. The van der Waals surface area contributed by atoms with Gasteiger partial charge in [-0.2, -0.15) is 0 Å². The van der Waals surface area contributed by atoms with Crippen molar-refractivity contribution in [3.05, 3.63) is 33.8 Å². The van der Waals surface area contributed by atoms with E-state index in [1.54, 1.807) is 0 Å². The van der Waals surface area contributed by atoms with Gasteiger partial charge in [-0.15, -0.1) is 0 Å². The largest absolute Gasteiger partial charge is 0.322 e. The molecule has 1 atom stereocenters. The lowest BCUT2D eigenvalue weighted by Gasteiger charge is -2.10. The van der Waals surface area contributed by atoms with Crippen molar-refractivity contribution in [2.45, 2.75) is 13.0 Å². The second kappa shape index (κ2) is 4.01. The quantitative estimate of drug-likeness (QED) is 0.833. The first-order valence-corrected chi connectivity index (χ1v) is 4.52. The molecule has 0 aliphatic heterocycles. The van der Waals surface area contributed by atoms with E-state index >= 15 is 0 Å². The van der Waals surface area contributed by atoms with Gasteiger partial charge in [0.15, 0.2) is 0 Å². The smallest absolute Gasteiger partial charge is 0.109 e. The third-order valence-corrected chi connectivity index (χ3v) is 2.30. The number of aryl methyl sites for hydroxylation is 1. The zero-order chi connectivity index (χ0) is 9.14. The Labute approximate surface area is 79.9 Å². The number of halogens is 2. The van der Waals surface area contributed by atoms with Crippen molar-refractivity contribution in [2.24, 2.45) is 5.73 Å². The van der Waals surface area contributed by atoms with E-state index < -0.39 is 12.7 Å². The van der Waals surface area contributed by atoms with E-state index in [0.717, 1.165) is 15.6 Å². The lowest BCUT2D eigenvalue weighted by atomic mass is 10.0. The molecule has 1 aromatic rings. The second-order valence-corrected chi connectivity index (χ2v) is 3.68. The number of rotatable bonds is 2. The summed E-state index contributed by atoms with van der Waals surface area (Å²) in [5.41, 5.74) is 7.47. The molecule has 66 valence electrons. The van der Waals surface area contributed by atoms with E-state index in [1.807, 2.05) is 25.1 Å². The fourth-order valence-electron chi connectivity index (χ4n) is 1.09. The zero-order valence-corrected chi connectivity index (χ0v) is 8.44. The van der Waals surface area contributed by atoms with Gasteiger partial charge in [-0.25, -0.2) is 4.39 Å². The van der Waals surface area contributed by atoms with Crippen LogP contribution < -0.4 is 5.73 Å². The lowest BCUT2D eigenvalue weighted by molar-refractivity contribution is 0.436. The fourth-order valence-corrected chi connectivity index (χ4v) is 1.47. The predicted octanol–water partition coefficient (Wildman–Crippen LogP) is 2.73. The van der Waals surface area contributed by atoms with E-state index in [1.165, 1.54) is 0 Å². The van der Waals surface area contributed by atoms with Crippen LogP contribution in [-0.4, -0.2) is 6.67 Å². The van der Waals surface area contributed by atoms with Crippen LogP contribution in [0.1, 0.15) is 17.2 Å². The molecule has 0 bridgehead atoms. The average molecular weight is 232 g/mol. The van der Waals surface area contributed by atoms with Crippen molar-refractivity contribution in [1.82, 2.24) is 0 Å². The van der Waals surface area contributed by atoms with Gasteiger partial charge in [0.25, 0.3) is 0 Å². The molecule has 1 rings (SSSR count). The molecule has 0 aliphatic rings. The molecule has 0 fully saturated rings. The second-order valence-electron chi connectivity index (χ2n) is 2.76. The normalized spacial score (nSPS) is 13.0. The monoisotopic (exact) mass is 231 g/mol. The molecule has 0 saturated heterocycles. The highest BCUT2D eigenvalue weighted by molar-refractivity contribution is 9.10. The van der Waals surface area contributed by atoms with E-state index in [-0.39, 0.29) is 0 Å². The van der Waals surface area contributed by atoms with Crippen LogP contribution in [-0.2, 0) is 0 Å². The Bertz CT molecular complexity index is 275. The molecule has 0 heterocycles. The van der Waals surface area contributed by atoms with Crippen LogP contribution in [0.25, 0.3) is 0 Å². The van der Waals surface area contributed by atoms with E-state index in [9.17, 15) is 4.39 Å². The third-order valence-electron chi connectivity index (χ3n) is 1.81. The van der Waals surface area contributed by atoms with Crippen molar-refractivity contribution in [1.29, 1.82) is 0 Å². The van der Waals surface area contributed by atoms with E-state index in [0.29, 0.717) is 0 Å². The molecule has 0 spiro atoms. The molecule has 2 N–H and O–H groups in total. The first-order chi connectivity index (χ1) is 5.65. The minimum Gasteiger partial charge on any atom is -0.322 e. The predicted molar refractivity (Wildman–Crippen MR) is 51.8 cm³/mol. The van der Waals surface area contributed by atoms with Crippen molar-refractivity contribution in [3.8, 4) is 0 Å². The summed E-state index contributed by atoms with van der Waals surface area (Å²) >= 11 is 3.32. The zero-order valence-electron chi connectivity index (χ0n) is 6.85. The van der Waals surface area contributed by atoms with Gasteiger partial charge in [0.2, 0.25) is 0 Å². The average Bonchev–Trinajstić information content (AvgIpc) is 2.08. The van der Waals surface area contributed by atoms with Crippen molar-refractivity contribution in [2.75, 3.05) is 6.67 Å². The Morgan fingerprint density at radius 3 is 2.83 bits per heavy atom. The Hall–Kier alpha value is -0.410. The number of hydrogen-bond acceptors (Lipinski definition) is 1. The van der Waals surface area contributed by atoms with Crippen molar-refractivity contribution < 1.29 is 4.39 Å². The minimum atomic E-state index is -0.517. The van der Waals surface area contributed by atoms with Gasteiger partial charge in [0.05, 0.1) is 6.04 Å². The van der Waals surface area contributed by atoms with Crippen LogP contribution in [0.5, 0.6) is 0 Å². The molecule has 12 heavy (non-hydrogen) atoms. The summed E-state index contributed by atoms with van der Waals surface area (Å²) < 4.78 is 13.2. The number of hydrogen-bond donors (Lipinski definition) is 1. The topological polar surface area (TPSA) is 26.0 Å². The highest BCUT2D eigenvalue weighted by atomic mass is 79.9. The summed E-state index contributed by atoms with van der Waals surface area (Å²) in [5.74, 6) is 0. The summed E-state index contributed by atoms with van der Waals surface area (Å²) in [7, 11) is 0. The lowest BCUT2D eigenvalue weighted by Crippen LogP contribution is -2.13. The minimum absolute atomic E-state index is 0.498. The fraction of sp³-hybridized carbons (Fsp3) is 0.333. The van der Waals surface area contributed by atoms with Gasteiger partial charge < -0.3 is 5.73 Å². The Kier molecular flexibility index (Phi) is 3.23. The first-order valence-electron chi connectivity index (χ1n) is 3.72. The summed E-state index contributed by atoms with van der Waals surface area (Å²) in [6.07, 6.45) is 0. The first kappa shape index (κ1) is 9.68. The van der Waals surface area contributed by atoms with Gasteiger partial charge in [-0.1, -0.05) is 22.0 Å². The maximum atomic E-state index is 12.2. The Morgan fingerprint density at radius 1 is 1.58 bits per heavy atom. The standard InChI is InChI=1S/C9H11BrFN/c1-6-2-3-7(10)4-8(6)9(12)5-11/h2-4,9H,5,12H2,1H3/t9-/m0/s1. The molecule has 0 aliphatic carbocycles. The molecule has 0 unspecified atom stereocenters. The van der Waals surface area contributed by atoms with E-state index in [2.05, 4.69) is 15.9 Å². The molecule has 0 amide bonds. The Morgan fingerprint density at radius 2 is 2.25 bits per heavy atom. The van der Waals surface area contributed by atoms with Gasteiger partial charge in [-0.05, 0) is 30.2 Å². The summed E-state index contributed by atoms with van der Waals surface area (Å²) in [5, 5.41) is 0. The molecule has 0 radical (unpaired) electrons. The molecule has 3 heteroatoms. The molecule has 1 aromatic carbocycles. The molecule has 0 saturated carbocycles. The van der Waals surface area contributed by atoms with Crippen LogP contribution in [0.2, 0.25) is 0 Å². The van der Waals surface area contributed by atoms with E-state index in [4.69, 9.17) is 5.73 Å². The van der Waals surface area contributed by atoms with Crippen LogP contribution >= 0.6 is 15.9 Å². The summed E-state index contributed by atoms with van der Waals surface area (Å²) in [4.78, 5) is 0. The molecule has 0 aromatic heterocycles. The molecular formula is C9H11BrFN. The summed E-state index contributed by atoms with van der Waals surface area (Å²) in [6, 6.07) is 5.21. The van der Waals surface area contributed by atoms with Gasteiger partial charge in [-0.3, -0.25) is 0 Å². The molecular weight excluding hydrogens is 221 g/mol. The van der Waals surface area contributed by atoms with Crippen LogP contribution in [0.3, 0.4) is 0 Å². The third kappa shape index (κ3) is 2.05. The maximum absolute atomic E-state index is 12.2. The van der Waals surface area contributed by atoms with Crippen molar-refractivity contribution >= 4 is 15.9 Å². The number of benzene rings is 1.